The average Bonchev–Trinajstić information content (AvgIpc) is 2.85. The summed E-state index contributed by atoms with van der Waals surface area (Å²) in [6, 6.07) is 5.25. The third-order valence-corrected chi connectivity index (χ3v) is 4.32. The number of aliphatic hydroxyl groups excluding tert-OH is 1. The Balaban J connectivity index is 1.86. The molecule has 1 aliphatic carbocycles. The summed E-state index contributed by atoms with van der Waals surface area (Å²) in [5.41, 5.74) is 1.18. The Hall–Kier alpha value is -1.80. The first-order valence-corrected chi connectivity index (χ1v) is 7.48. The number of rotatable bonds is 3. The molecule has 2 atom stereocenters. The number of aliphatic hydroxyl groups is 1. The van der Waals surface area contributed by atoms with Crippen LogP contribution in [0.4, 0.5) is 3.89 Å². The molecule has 1 aromatic heterocycles. The van der Waals surface area contributed by atoms with E-state index in [1.807, 2.05) is 0 Å². The van der Waals surface area contributed by atoms with Crippen LogP contribution in [0.25, 0.3) is 11.3 Å². The van der Waals surface area contributed by atoms with Gasteiger partial charge in [-0.25, -0.2) is 4.68 Å². The quantitative estimate of drug-likeness (QED) is 0.863. The number of aromatic nitrogens is 3. The maximum Gasteiger partial charge on any atom is 0.332 e. The van der Waals surface area contributed by atoms with Crippen molar-refractivity contribution in [2.45, 2.75) is 29.9 Å². The van der Waals surface area contributed by atoms with Gasteiger partial charge in [-0.2, -0.15) is 8.42 Å². The van der Waals surface area contributed by atoms with Crippen molar-refractivity contribution in [1.29, 1.82) is 0 Å². The summed E-state index contributed by atoms with van der Waals surface area (Å²) in [7, 11) is -4.69. The van der Waals surface area contributed by atoms with Gasteiger partial charge in [-0.3, -0.25) is 0 Å². The van der Waals surface area contributed by atoms with Crippen LogP contribution >= 0.6 is 0 Å². The molecule has 0 bridgehead atoms. The van der Waals surface area contributed by atoms with E-state index in [2.05, 4.69) is 10.3 Å². The van der Waals surface area contributed by atoms with Crippen molar-refractivity contribution in [2.75, 3.05) is 0 Å². The Bertz CT molecular complexity index is 727. The fourth-order valence-corrected chi connectivity index (χ4v) is 2.59. The molecule has 1 aliphatic rings. The molecule has 0 amide bonds. The fourth-order valence-electron chi connectivity index (χ4n) is 2.13. The maximum atomic E-state index is 12.8. The molecule has 0 aliphatic heterocycles. The van der Waals surface area contributed by atoms with E-state index in [1.165, 1.54) is 24.3 Å². The summed E-state index contributed by atoms with van der Waals surface area (Å²) in [4.78, 5) is -0.386. The van der Waals surface area contributed by atoms with Gasteiger partial charge in [-0.1, -0.05) is 17.3 Å². The molecule has 0 saturated heterocycles. The molecule has 1 fully saturated rings. The second-order valence-corrected chi connectivity index (χ2v) is 6.11. The molecular formula is C12H12FN3O3S. The highest BCUT2D eigenvalue weighted by molar-refractivity contribution is 7.86. The SMILES string of the molecule is O=S(=O)(F)c1ccc(-c2cn([C@H]3CC[C@@H]3O)nn2)cc1. The number of hydrogen-bond acceptors (Lipinski definition) is 5. The van der Waals surface area contributed by atoms with Gasteiger partial charge in [0.15, 0.2) is 0 Å². The van der Waals surface area contributed by atoms with Gasteiger partial charge in [0.05, 0.1) is 23.2 Å². The smallest absolute Gasteiger partial charge is 0.332 e. The van der Waals surface area contributed by atoms with Crippen molar-refractivity contribution in [2.24, 2.45) is 0 Å². The Morgan fingerprint density at radius 1 is 1.25 bits per heavy atom. The van der Waals surface area contributed by atoms with Crippen LogP contribution in [0.3, 0.4) is 0 Å². The molecule has 1 heterocycles. The molecular weight excluding hydrogens is 285 g/mol. The first-order chi connectivity index (χ1) is 9.45. The van der Waals surface area contributed by atoms with Crippen LogP contribution in [-0.2, 0) is 10.2 Å². The van der Waals surface area contributed by atoms with E-state index in [1.54, 1.807) is 10.9 Å². The second-order valence-electron chi connectivity index (χ2n) is 4.76. The van der Waals surface area contributed by atoms with E-state index in [0.717, 1.165) is 12.8 Å². The van der Waals surface area contributed by atoms with E-state index in [-0.39, 0.29) is 10.9 Å². The van der Waals surface area contributed by atoms with Crippen LogP contribution < -0.4 is 0 Å². The normalized spacial score (nSPS) is 22.5. The lowest BCUT2D eigenvalue weighted by Gasteiger charge is -2.31. The lowest BCUT2D eigenvalue weighted by Crippen LogP contribution is -2.33. The van der Waals surface area contributed by atoms with Gasteiger partial charge in [-0.15, -0.1) is 8.98 Å². The summed E-state index contributed by atoms with van der Waals surface area (Å²) in [5, 5.41) is 17.5. The van der Waals surface area contributed by atoms with Crippen LogP contribution in [0.2, 0.25) is 0 Å². The highest BCUT2D eigenvalue weighted by Gasteiger charge is 2.31. The Labute approximate surface area is 115 Å². The van der Waals surface area contributed by atoms with E-state index < -0.39 is 16.3 Å². The third-order valence-electron chi connectivity index (χ3n) is 3.48. The maximum absolute atomic E-state index is 12.8. The molecule has 106 valence electrons. The summed E-state index contributed by atoms with van der Waals surface area (Å²) >= 11 is 0. The summed E-state index contributed by atoms with van der Waals surface area (Å²) in [6.45, 7) is 0. The first-order valence-electron chi connectivity index (χ1n) is 6.10. The molecule has 6 nitrogen and oxygen atoms in total. The molecule has 8 heteroatoms. The van der Waals surface area contributed by atoms with Crippen molar-refractivity contribution in [1.82, 2.24) is 15.0 Å². The lowest BCUT2D eigenvalue weighted by molar-refractivity contribution is 0.0244. The molecule has 0 spiro atoms. The van der Waals surface area contributed by atoms with Crippen molar-refractivity contribution >= 4 is 10.2 Å². The second kappa shape index (κ2) is 4.64. The van der Waals surface area contributed by atoms with Gasteiger partial charge >= 0.3 is 10.2 Å². The monoisotopic (exact) mass is 297 g/mol. The number of hydrogen-bond donors (Lipinski definition) is 1. The van der Waals surface area contributed by atoms with E-state index in [4.69, 9.17) is 0 Å². The minimum atomic E-state index is -4.69. The van der Waals surface area contributed by atoms with Crippen LogP contribution in [0.15, 0.2) is 35.4 Å². The summed E-state index contributed by atoms with van der Waals surface area (Å²) in [6.07, 6.45) is 2.89. The van der Waals surface area contributed by atoms with Gasteiger partial charge in [0.1, 0.15) is 5.69 Å². The van der Waals surface area contributed by atoms with Crippen molar-refractivity contribution in [3.63, 3.8) is 0 Å². The zero-order valence-electron chi connectivity index (χ0n) is 10.3. The van der Waals surface area contributed by atoms with E-state index in [0.29, 0.717) is 11.3 Å². The summed E-state index contributed by atoms with van der Waals surface area (Å²) in [5.74, 6) is 0. The van der Waals surface area contributed by atoms with Gasteiger partial charge in [0.25, 0.3) is 0 Å². The molecule has 0 unspecified atom stereocenters. The topological polar surface area (TPSA) is 85.1 Å². The Kier molecular flexibility index (Phi) is 3.06. The number of halogens is 1. The van der Waals surface area contributed by atoms with Crippen molar-refractivity contribution in [3.8, 4) is 11.3 Å². The van der Waals surface area contributed by atoms with Gasteiger partial charge in [0.2, 0.25) is 0 Å². The zero-order valence-corrected chi connectivity index (χ0v) is 11.2. The van der Waals surface area contributed by atoms with Crippen LogP contribution in [0.5, 0.6) is 0 Å². The zero-order chi connectivity index (χ0) is 14.3. The minimum absolute atomic E-state index is 0.0539. The molecule has 3 rings (SSSR count). The first kappa shape index (κ1) is 13.2. The highest BCUT2D eigenvalue weighted by atomic mass is 32.3. The van der Waals surface area contributed by atoms with Gasteiger partial charge < -0.3 is 5.11 Å². The highest BCUT2D eigenvalue weighted by Crippen LogP contribution is 2.32. The Morgan fingerprint density at radius 3 is 2.45 bits per heavy atom. The van der Waals surface area contributed by atoms with Crippen LogP contribution in [0.1, 0.15) is 18.9 Å². The van der Waals surface area contributed by atoms with Crippen LogP contribution in [0, 0.1) is 0 Å². The predicted octanol–water partition coefficient (Wildman–Crippen LogP) is 1.30. The number of benzene rings is 1. The molecule has 2 aromatic rings. The van der Waals surface area contributed by atoms with Crippen LogP contribution in [-0.4, -0.2) is 34.6 Å². The fraction of sp³-hybridized carbons (Fsp3) is 0.333. The summed E-state index contributed by atoms with van der Waals surface area (Å²) < 4.78 is 35.8. The minimum Gasteiger partial charge on any atom is -0.391 e. The number of nitrogens with zero attached hydrogens (tertiary/aromatic N) is 3. The van der Waals surface area contributed by atoms with Gasteiger partial charge in [0, 0.05) is 5.56 Å². The van der Waals surface area contributed by atoms with Crippen molar-refractivity contribution in [3.05, 3.63) is 30.5 Å². The molecule has 1 aromatic carbocycles. The van der Waals surface area contributed by atoms with E-state index >= 15 is 0 Å². The third kappa shape index (κ3) is 2.32. The predicted molar refractivity (Wildman–Crippen MR) is 68.0 cm³/mol. The molecule has 0 radical (unpaired) electrons. The van der Waals surface area contributed by atoms with Gasteiger partial charge in [-0.05, 0) is 25.0 Å². The molecule has 20 heavy (non-hydrogen) atoms. The standard InChI is InChI=1S/C12H12FN3O3S/c13-20(18,19)9-3-1-8(2-4-9)10-7-16(15-14-10)11-5-6-12(11)17/h1-4,7,11-12,17H,5-6H2/t11-,12-/m0/s1. The largest absolute Gasteiger partial charge is 0.391 e. The van der Waals surface area contributed by atoms with Crippen molar-refractivity contribution < 1.29 is 17.4 Å². The molecule has 1 saturated carbocycles. The lowest BCUT2D eigenvalue weighted by atomic mass is 9.89. The average molecular weight is 297 g/mol. The Morgan fingerprint density at radius 2 is 1.95 bits per heavy atom. The van der Waals surface area contributed by atoms with E-state index in [9.17, 15) is 17.4 Å². The molecule has 1 N–H and O–H groups in total.